The topological polar surface area (TPSA) is 129 Å². The van der Waals surface area contributed by atoms with Gasteiger partial charge in [-0.2, -0.15) is 9.78 Å². The molecule has 39 heavy (non-hydrogen) atoms. The van der Waals surface area contributed by atoms with Gasteiger partial charge in [0.05, 0.1) is 22.0 Å². The van der Waals surface area contributed by atoms with E-state index in [2.05, 4.69) is 47.3 Å². The van der Waals surface area contributed by atoms with E-state index in [1.807, 2.05) is 13.8 Å². The molecule has 0 fully saturated rings. The minimum absolute atomic E-state index is 0.160. The first kappa shape index (κ1) is 28.4. The lowest BCUT2D eigenvalue weighted by atomic mass is 10.1. The van der Waals surface area contributed by atoms with Gasteiger partial charge in [0.1, 0.15) is 5.82 Å². The standard InChI is InChI=1S/C26H20Br2ClN5O5/c1-14(2)25-32-21-8-3-16(27)10-20(21)26(36)33(25)30-12-15-9-17(28)11-22(34(37)38)24(15)39-13-23(35)31-19-6-4-18(29)5-7-19/h3-12,14H,13H2,1-2H3,(H,31,35). The lowest BCUT2D eigenvalue weighted by molar-refractivity contribution is -0.385. The SMILES string of the molecule is CC(C)c1nc2ccc(Br)cc2c(=O)n1N=Cc1cc(Br)cc([N+](=O)[O-])c1OCC(=O)Nc1ccc(Cl)cc1. The molecule has 0 bridgehead atoms. The summed E-state index contributed by atoms with van der Waals surface area (Å²) in [4.78, 5) is 41.6. The molecular formula is C26H20Br2ClN5O5. The van der Waals surface area contributed by atoms with Gasteiger partial charge in [-0.15, -0.1) is 0 Å². The van der Waals surface area contributed by atoms with Gasteiger partial charge in [0.2, 0.25) is 5.75 Å². The van der Waals surface area contributed by atoms with Gasteiger partial charge >= 0.3 is 5.69 Å². The highest BCUT2D eigenvalue weighted by Crippen LogP contribution is 2.34. The van der Waals surface area contributed by atoms with Crippen LogP contribution < -0.4 is 15.6 Å². The van der Waals surface area contributed by atoms with Crippen molar-refractivity contribution in [3.63, 3.8) is 0 Å². The third kappa shape index (κ3) is 6.70. The van der Waals surface area contributed by atoms with Gasteiger partial charge in [-0.25, -0.2) is 4.98 Å². The minimum atomic E-state index is -0.630. The third-order valence-corrected chi connectivity index (χ3v) is 6.60. The summed E-state index contributed by atoms with van der Waals surface area (Å²) in [5.41, 5.74) is 0.382. The van der Waals surface area contributed by atoms with E-state index in [9.17, 15) is 19.7 Å². The number of halogens is 3. The predicted molar refractivity (Wildman–Crippen MR) is 157 cm³/mol. The lowest BCUT2D eigenvalue weighted by Gasteiger charge is -2.13. The largest absolute Gasteiger partial charge is 0.476 e. The van der Waals surface area contributed by atoms with Crippen LogP contribution >= 0.6 is 43.5 Å². The van der Waals surface area contributed by atoms with Crippen LogP contribution in [0, 0.1) is 10.1 Å². The van der Waals surface area contributed by atoms with Crippen molar-refractivity contribution in [1.82, 2.24) is 9.66 Å². The van der Waals surface area contributed by atoms with Crippen LogP contribution in [0.1, 0.15) is 31.2 Å². The van der Waals surface area contributed by atoms with E-state index in [0.717, 1.165) is 4.68 Å². The minimum Gasteiger partial charge on any atom is -0.476 e. The molecule has 0 atom stereocenters. The number of hydrogen-bond donors (Lipinski definition) is 1. The fourth-order valence-electron chi connectivity index (χ4n) is 3.63. The Morgan fingerprint density at radius 1 is 1.18 bits per heavy atom. The summed E-state index contributed by atoms with van der Waals surface area (Å²) in [6.45, 7) is 3.22. The van der Waals surface area contributed by atoms with Crippen molar-refractivity contribution in [2.75, 3.05) is 11.9 Å². The molecular weight excluding hydrogens is 658 g/mol. The number of nitro benzene ring substituents is 1. The first-order valence-electron chi connectivity index (χ1n) is 11.5. The van der Waals surface area contributed by atoms with Crippen LogP contribution in [0.25, 0.3) is 10.9 Å². The number of rotatable bonds is 8. The molecule has 0 spiro atoms. The normalized spacial score (nSPS) is 11.3. The molecule has 1 aromatic heterocycles. The highest BCUT2D eigenvalue weighted by atomic mass is 79.9. The second kappa shape index (κ2) is 12.1. The second-order valence-electron chi connectivity index (χ2n) is 8.59. The average Bonchev–Trinajstić information content (AvgIpc) is 2.88. The number of nitrogens with zero attached hydrogens (tertiary/aromatic N) is 4. The number of carbonyl (C=O) groups is 1. The molecule has 1 amide bonds. The zero-order chi connectivity index (χ0) is 28.3. The quantitative estimate of drug-likeness (QED) is 0.129. The molecule has 0 saturated heterocycles. The molecule has 0 saturated carbocycles. The summed E-state index contributed by atoms with van der Waals surface area (Å²) in [6, 6.07) is 14.4. The molecule has 4 aromatic rings. The van der Waals surface area contributed by atoms with Gasteiger partial charge in [-0.05, 0) is 48.5 Å². The monoisotopic (exact) mass is 675 g/mol. The van der Waals surface area contributed by atoms with E-state index in [0.29, 0.717) is 36.4 Å². The second-order valence-corrected chi connectivity index (χ2v) is 10.9. The summed E-state index contributed by atoms with van der Waals surface area (Å²) >= 11 is 12.5. The number of fused-ring (bicyclic) bond motifs is 1. The maximum Gasteiger partial charge on any atom is 0.312 e. The van der Waals surface area contributed by atoms with Crippen molar-refractivity contribution in [1.29, 1.82) is 0 Å². The van der Waals surface area contributed by atoms with Crippen molar-refractivity contribution in [3.8, 4) is 5.75 Å². The molecule has 0 unspecified atom stereocenters. The molecule has 0 aliphatic carbocycles. The summed E-state index contributed by atoms with van der Waals surface area (Å²) < 4.78 is 7.87. The van der Waals surface area contributed by atoms with Crippen molar-refractivity contribution < 1.29 is 14.5 Å². The van der Waals surface area contributed by atoms with Crippen LogP contribution in [0.3, 0.4) is 0 Å². The highest BCUT2D eigenvalue weighted by Gasteiger charge is 2.22. The number of ether oxygens (including phenoxy) is 1. The Balaban J connectivity index is 1.72. The first-order chi connectivity index (χ1) is 18.5. The van der Waals surface area contributed by atoms with Crippen LogP contribution in [0.5, 0.6) is 5.75 Å². The third-order valence-electron chi connectivity index (χ3n) is 5.40. The number of nitrogens with one attached hydrogen (secondary N) is 1. The van der Waals surface area contributed by atoms with Crippen molar-refractivity contribution in [2.45, 2.75) is 19.8 Å². The molecule has 1 N–H and O–H groups in total. The Kier molecular flexibility index (Phi) is 8.78. The van der Waals surface area contributed by atoms with E-state index in [-0.39, 0.29) is 22.9 Å². The summed E-state index contributed by atoms with van der Waals surface area (Å²) in [6.07, 6.45) is 1.27. The Bertz CT molecular complexity index is 1670. The highest BCUT2D eigenvalue weighted by molar-refractivity contribution is 9.10. The Hall–Kier alpha value is -3.61. The van der Waals surface area contributed by atoms with Gasteiger partial charge in [0.25, 0.3) is 11.5 Å². The molecule has 1 heterocycles. The maximum atomic E-state index is 13.3. The number of amides is 1. The van der Waals surface area contributed by atoms with E-state index < -0.39 is 23.0 Å². The first-order valence-corrected chi connectivity index (χ1v) is 13.4. The van der Waals surface area contributed by atoms with E-state index in [1.165, 1.54) is 18.3 Å². The average molecular weight is 678 g/mol. The number of nitro groups is 1. The van der Waals surface area contributed by atoms with Crippen LogP contribution in [-0.4, -0.2) is 33.3 Å². The fourth-order valence-corrected chi connectivity index (χ4v) is 4.58. The van der Waals surface area contributed by atoms with Gasteiger partial charge in [0, 0.05) is 37.2 Å². The fraction of sp³-hybridized carbons (Fsp3) is 0.154. The molecule has 3 aromatic carbocycles. The van der Waals surface area contributed by atoms with E-state index in [4.69, 9.17) is 16.3 Å². The molecule has 0 aliphatic rings. The van der Waals surface area contributed by atoms with Crippen LogP contribution in [-0.2, 0) is 4.79 Å². The predicted octanol–water partition coefficient (Wildman–Crippen LogP) is 6.51. The molecule has 10 nitrogen and oxygen atoms in total. The van der Waals surface area contributed by atoms with Crippen LogP contribution in [0.4, 0.5) is 11.4 Å². The summed E-state index contributed by atoms with van der Waals surface area (Å²) in [7, 11) is 0. The lowest BCUT2D eigenvalue weighted by Crippen LogP contribution is -2.23. The van der Waals surface area contributed by atoms with Gasteiger partial charge in [0.15, 0.2) is 6.61 Å². The zero-order valence-electron chi connectivity index (χ0n) is 20.5. The Morgan fingerprint density at radius 2 is 1.90 bits per heavy atom. The van der Waals surface area contributed by atoms with Gasteiger partial charge < -0.3 is 10.1 Å². The summed E-state index contributed by atoms with van der Waals surface area (Å²) in [5, 5.41) is 19.7. The van der Waals surface area contributed by atoms with Crippen molar-refractivity contribution in [2.24, 2.45) is 5.10 Å². The van der Waals surface area contributed by atoms with Gasteiger partial charge in [-0.1, -0.05) is 57.3 Å². The number of carbonyl (C=O) groups excluding carboxylic acids is 1. The molecule has 0 aliphatic heterocycles. The van der Waals surface area contributed by atoms with Gasteiger partial charge in [-0.3, -0.25) is 19.7 Å². The number of hydrogen-bond acceptors (Lipinski definition) is 7. The maximum absolute atomic E-state index is 13.3. The number of benzene rings is 3. The van der Waals surface area contributed by atoms with Crippen LogP contribution in [0.2, 0.25) is 5.02 Å². The Morgan fingerprint density at radius 3 is 2.56 bits per heavy atom. The number of anilines is 1. The number of aromatic nitrogens is 2. The van der Waals surface area contributed by atoms with Crippen molar-refractivity contribution in [3.05, 3.63) is 100 Å². The molecule has 200 valence electrons. The zero-order valence-corrected chi connectivity index (χ0v) is 24.4. The summed E-state index contributed by atoms with van der Waals surface area (Å²) in [5.74, 6) is -0.485. The molecule has 0 radical (unpaired) electrons. The van der Waals surface area contributed by atoms with E-state index in [1.54, 1.807) is 42.5 Å². The van der Waals surface area contributed by atoms with E-state index >= 15 is 0 Å². The van der Waals surface area contributed by atoms with Crippen LogP contribution in [0.15, 0.2) is 73.4 Å². The Labute approximate surface area is 244 Å². The van der Waals surface area contributed by atoms with Crippen molar-refractivity contribution >= 4 is 77.9 Å². The molecule has 13 heteroatoms. The smallest absolute Gasteiger partial charge is 0.312 e. The molecule has 4 rings (SSSR count).